The molecule has 2 amide bonds. The van der Waals surface area contributed by atoms with E-state index >= 15 is 0 Å². The molecule has 1 aromatic heterocycles. The Balaban J connectivity index is 1.78. The lowest BCUT2D eigenvalue weighted by atomic mass is 10.0. The molecule has 0 aromatic carbocycles. The summed E-state index contributed by atoms with van der Waals surface area (Å²) in [5, 5.41) is 14.3. The standard InChI is InChI=1S/C15H21N3O3/c1-2-5-15(6-7-15)10-17-14(21)18-12-4-3-11(16-9-12)8-13(19)20/h3-4,9H,2,5-8,10H2,1H3,(H,19,20)(H2,17,18,21). The van der Waals surface area contributed by atoms with Crippen LogP contribution in [-0.4, -0.2) is 28.6 Å². The predicted octanol–water partition coefficient (Wildman–Crippen LogP) is 2.41. The largest absolute Gasteiger partial charge is 0.481 e. The van der Waals surface area contributed by atoms with E-state index in [4.69, 9.17) is 5.11 Å². The molecule has 114 valence electrons. The molecule has 0 unspecified atom stereocenters. The molecule has 6 heteroatoms. The normalized spacial score (nSPS) is 15.3. The molecule has 0 spiro atoms. The first-order valence-corrected chi connectivity index (χ1v) is 7.25. The molecule has 21 heavy (non-hydrogen) atoms. The van der Waals surface area contributed by atoms with Crippen molar-refractivity contribution in [3.63, 3.8) is 0 Å². The van der Waals surface area contributed by atoms with Crippen LogP contribution in [0.2, 0.25) is 0 Å². The number of carboxylic acid groups (broad SMARTS) is 1. The van der Waals surface area contributed by atoms with Crippen molar-refractivity contribution >= 4 is 17.7 Å². The predicted molar refractivity (Wildman–Crippen MR) is 79.2 cm³/mol. The molecule has 0 radical (unpaired) electrons. The first-order chi connectivity index (χ1) is 10.0. The molecule has 1 saturated carbocycles. The summed E-state index contributed by atoms with van der Waals surface area (Å²) in [7, 11) is 0. The zero-order valence-electron chi connectivity index (χ0n) is 12.2. The third kappa shape index (κ3) is 4.73. The average Bonchev–Trinajstić information content (AvgIpc) is 3.19. The SMILES string of the molecule is CCCC1(CNC(=O)Nc2ccc(CC(=O)O)nc2)CC1. The van der Waals surface area contributed by atoms with Crippen LogP contribution in [0, 0.1) is 5.41 Å². The highest BCUT2D eigenvalue weighted by Crippen LogP contribution is 2.48. The third-order valence-corrected chi connectivity index (χ3v) is 3.78. The Morgan fingerprint density at radius 3 is 2.67 bits per heavy atom. The lowest BCUT2D eigenvalue weighted by molar-refractivity contribution is -0.136. The van der Waals surface area contributed by atoms with Gasteiger partial charge < -0.3 is 15.7 Å². The molecule has 1 aliphatic rings. The number of aliphatic carboxylic acids is 1. The van der Waals surface area contributed by atoms with Crippen molar-refractivity contribution in [2.75, 3.05) is 11.9 Å². The van der Waals surface area contributed by atoms with Crippen LogP contribution in [0.5, 0.6) is 0 Å². The van der Waals surface area contributed by atoms with Gasteiger partial charge in [0.2, 0.25) is 0 Å². The van der Waals surface area contributed by atoms with E-state index in [2.05, 4.69) is 22.5 Å². The minimum Gasteiger partial charge on any atom is -0.481 e. The van der Waals surface area contributed by atoms with Gasteiger partial charge in [-0.2, -0.15) is 0 Å². The Kier molecular flexibility index (Phi) is 4.77. The molecule has 6 nitrogen and oxygen atoms in total. The van der Waals surface area contributed by atoms with Crippen LogP contribution < -0.4 is 10.6 Å². The highest BCUT2D eigenvalue weighted by Gasteiger charge is 2.41. The van der Waals surface area contributed by atoms with Gasteiger partial charge >= 0.3 is 12.0 Å². The summed E-state index contributed by atoms with van der Waals surface area (Å²) in [6.07, 6.45) is 6.01. The minimum absolute atomic E-state index is 0.119. The number of pyridine rings is 1. The number of nitrogens with one attached hydrogen (secondary N) is 2. The number of hydrogen-bond acceptors (Lipinski definition) is 3. The number of rotatable bonds is 7. The highest BCUT2D eigenvalue weighted by molar-refractivity contribution is 5.89. The minimum atomic E-state index is -0.924. The molecule has 3 N–H and O–H groups in total. The maximum atomic E-state index is 11.8. The summed E-state index contributed by atoms with van der Waals surface area (Å²) in [6, 6.07) is 3.01. The Morgan fingerprint density at radius 2 is 2.14 bits per heavy atom. The molecule has 1 heterocycles. The van der Waals surface area contributed by atoms with Gasteiger partial charge in [0.15, 0.2) is 0 Å². The second-order valence-electron chi connectivity index (χ2n) is 5.67. The Bertz CT molecular complexity index is 509. The van der Waals surface area contributed by atoms with E-state index < -0.39 is 5.97 Å². The van der Waals surface area contributed by atoms with E-state index in [-0.39, 0.29) is 12.5 Å². The first kappa shape index (κ1) is 15.3. The fraction of sp³-hybridized carbons (Fsp3) is 0.533. The van der Waals surface area contributed by atoms with Crippen molar-refractivity contribution in [2.45, 2.75) is 39.0 Å². The van der Waals surface area contributed by atoms with Crippen LogP contribution >= 0.6 is 0 Å². The summed E-state index contributed by atoms with van der Waals surface area (Å²) in [4.78, 5) is 26.4. The molecular formula is C15H21N3O3. The molecule has 0 atom stereocenters. The van der Waals surface area contributed by atoms with Gasteiger partial charge in [0.25, 0.3) is 0 Å². The van der Waals surface area contributed by atoms with Crippen LogP contribution in [0.1, 0.15) is 38.3 Å². The monoisotopic (exact) mass is 291 g/mol. The Hall–Kier alpha value is -2.11. The van der Waals surface area contributed by atoms with E-state index in [9.17, 15) is 9.59 Å². The van der Waals surface area contributed by atoms with Crippen LogP contribution in [-0.2, 0) is 11.2 Å². The number of carboxylic acids is 1. The first-order valence-electron chi connectivity index (χ1n) is 7.25. The zero-order valence-corrected chi connectivity index (χ0v) is 12.2. The number of nitrogens with zero attached hydrogens (tertiary/aromatic N) is 1. The van der Waals surface area contributed by atoms with Crippen molar-refractivity contribution in [3.05, 3.63) is 24.0 Å². The summed E-state index contributed by atoms with van der Waals surface area (Å²) in [6.45, 7) is 2.86. The topological polar surface area (TPSA) is 91.3 Å². The van der Waals surface area contributed by atoms with E-state index in [1.165, 1.54) is 19.0 Å². The van der Waals surface area contributed by atoms with Crippen molar-refractivity contribution in [2.24, 2.45) is 5.41 Å². The maximum absolute atomic E-state index is 11.8. The second kappa shape index (κ2) is 6.56. The Morgan fingerprint density at radius 1 is 1.38 bits per heavy atom. The maximum Gasteiger partial charge on any atom is 0.319 e. The number of carbonyl (C=O) groups excluding carboxylic acids is 1. The van der Waals surface area contributed by atoms with E-state index in [0.29, 0.717) is 23.3 Å². The van der Waals surface area contributed by atoms with E-state index in [1.807, 2.05) is 0 Å². The molecule has 1 aromatic rings. The van der Waals surface area contributed by atoms with Gasteiger partial charge in [0, 0.05) is 6.54 Å². The number of carbonyl (C=O) groups is 2. The van der Waals surface area contributed by atoms with Crippen molar-refractivity contribution in [1.29, 1.82) is 0 Å². The van der Waals surface area contributed by atoms with Crippen LogP contribution in [0.3, 0.4) is 0 Å². The van der Waals surface area contributed by atoms with Gasteiger partial charge in [-0.25, -0.2) is 4.79 Å². The Labute approximate surface area is 124 Å². The average molecular weight is 291 g/mol. The number of anilines is 1. The van der Waals surface area contributed by atoms with Crippen molar-refractivity contribution < 1.29 is 14.7 Å². The van der Waals surface area contributed by atoms with Crippen LogP contribution in [0.4, 0.5) is 10.5 Å². The van der Waals surface area contributed by atoms with Crippen molar-refractivity contribution in [3.8, 4) is 0 Å². The third-order valence-electron chi connectivity index (χ3n) is 3.78. The van der Waals surface area contributed by atoms with Gasteiger partial charge in [-0.15, -0.1) is 0 Å². The smallest absolute Gasteiger partial charge is 0.319 e. The second-order valence-corrected chi connectivity index (χ2v) is 5.67. The highest BCUT2D eigenvalue weighted by atomic mass is 16.4. The van der Waals surface area contributed by atoms with Gasteiger partial charge in [-0.3, -0.25) is 9.78 Å². The van der Waals surface area contributed by atoms with Gasteiger partial charge in [0.05, 0.1) is 24.0 Å². The van der Waals surface area contributed by atoms with E-state index in [1.54, 1.807) is 12.1 Å². The molecule has 1 aliphatic carbocycles. The zero-order chi connectivity index (χ0) is 15.3. The molecule has 0 aliphatic heterocycles. The molecule has 1 fully saturated rings. The number of hydrogen-bond donors (Lipinski definition) is 3. The fourth-order valence-corrected chi connectivity index (χ4v) is 2.42. The lowest BCUT2D eigenvalue weighted by Crippen LogP contribution is -2.33. The van der Waals surface area contributed by atoms with Crippen molar-refractivity contribution in [1.82, 2.24) is 10.3 Å². The van der Waals surface area contributed by atoms with Gasteiger partial charge in [-0.05, 0) is 36.8 Å². The quantitative estimate of drug-likeness (QED) is 0.719. The summed E-state index contributed by atoms with van der Waals surface area (Å²) < 4.78 is 0. The lowest BCUT2D eigenvalue weighted by Gasteiger charge is -2.15. The van der Waals surface area contributed by atoms with Crippen LogP contribution in [0.15, 0.2) is 18.3 Å². The molecule has 2 rings (SSSR count). The fourth-order valence-electron chi connectivity index (χ4n) is 2.42. The number of aromatic nitrogens is 1. The number of amides is 2. The summed E-state index contributed by atoms with van der Waals surface area (Å²) in [5.74, 6) is -0.924. The van der Waals surface area contributed by atoms with Gasteiger partial charge in [-0.1, -0.05) is 13.3 Å². The molecule has 0 saturated heterocycles. The van der Waals surface area contributed by atoms with E-state index in [0.717, 1.165) is 12.8 Å². The summed E-state index contributed by atoms with van der Waals surface area (Å²) in [5.41, 5.74) is 1.34. The van der Waals surface area contributed by atoms with Crippen LogP contribution in [0.25, 0.3) is 0 Å². The summed E-state index contributed by atoms with van der Waals surface area (Å²) >= 11 is 0. The molecular weight excluding hydrogens is 270 g/mol. The molecule has 0 bridgehead atoms. The van der Waals surface area contributed by atoms with Gasteiger partial charge in [0.1, 0.15) is 0 Å². The number of urea groups is 1.